The van der Waals surface area contributed by atoms with Gasteiger partial charge in [-0.15, -0.1) is 4.33 Å². The van der Waals surface area contributed by atoms with Gasteiger partial charge in [-0.25, -0.2) is 15.2 Å². The van der Waals surface area contributed by atoms with Crippen molar-refractivity contribution >= 4 is 12.0 Å². The smallest absolute Gasteiger partial charge is 0.131 e. The van der Waals surface area contributed by atoms with Crippen LogP contribution in [0.5, 0.6) is 0 Å². The summed E-state index contributed by atoms with van der Waals surface area (Å²) in [4.78, 5) is 8.07. The van der Waals surface area contributed by atoms with Crippen LogP contribution in [0.2, 0.25) is 0 Å². The molecule has 0 aliphatic rings. The monoisotopic (exact) mass is 188 g/mol. The molecule has 0 fully saturated rings. The lowest BCUT2D eigenvalue weighted by atomic mass is 10.4. The van der Waals surface area contributed by atoms with Gasteiger partial charge in [0.15, 0.2) is 0 Å². The van der Waals surface area contributed by atoms with Crippen LogP contribution in [0.4, 0.5) is 0 Å². The van der Waals surface area contributed by atoms with Gasteiger partial charge in [-0.3, -0.25) is 0 Å². The minimum absolute atomic E-state index is 0.592. The van der Waals surface area contributed by atoms with E-state index in [1.54, 1.807) is 13.0 Å². The average Bonchev–Trinajstić information content (AvgIpc) is 1.99. The van der Waals surface area contributed by atoms with Gasteiger partial charge in [0.25, 0.3) is 0 Å². The van der Waals surface area contributed by atoms with Crippen LogP contribution in [0.3, 0.4) is 0 Å². The zero-order chi connectivity index (χ0) is 8.97. The summed E-state index contributed by atoms with van der Waals surface area (Å²) in [5.74, 6) is 0.652. The van der Waals surface area contributed by atoms with E-state index in [9.17, 15) is 0 Å². The summed E-state index contributed by atoms with van der Waals surface area (Å²) in [5.41, 5.74) is 0.839. The lowest BCUT2D eigenvalue weighted by Crippen LogP contribution is -1.92. The number of aryl methyl sites for hydroxylation is 2. The van der Waals surface area contributed by atoms with E-state index < -0.39 is 0 Å². The van der Waals surface area contributed by atoms with Gasteiger partial charge < -0.3 is 0 Å². The van der Waals surface area contributed by atoms with Crippen molar-refractivity contribution in [3.8, 4) is 0 Å². The molecule has 1 N–H and O–H groups in total. The summed E-state index contributed by atoms with van der Waals surface area (Å²) in [5, 5.41) is 11.9. The van der Waals surface area contributed by atoms with Gasteiger partial charge in [-0.05, 0) is 19.9 Å². The third-order valence-electron chi connectivity index (χ3n) is 1.09. The minimum Gasteiger partial charge on any atom is -0.238 e. The molecule has 0 unspecified atom stereocenters. The van der Waals surface area contributed by atoms with E-state index in [-0.39, 0.29) is 0 Å². The zero-order valence-corrected chi connectivity index (χ0v) is 7.46. The molecule has 1 aromatic rings. The number of rotatable bonds is 3. The highest BCUT2D eigenvalue weighted by molar-refractivity contribution is 7.94. The van der Waals surface area contributed by atoms with Crippen LogP contribution in [0.25, 0.3) is 0 Å². The topological polar surface area (TPSA) is 64.5 Å². The first-order chi connectivity index (χ1) is 5.72. The van der Waals surface area contributed by atoms with Crippen LogP contribution in [0.1, 0.15) is 11.5 Å². The quantitative estimate of drug-likeness (QED) is 0.336. The van der Waals surface area contributed by atoms with Gasteiger partial charge in [0, 0.05) is 5.69 Å². The largest absolute Gasteiger partial charge is 0.238 e. The molecule has 0 bridgehead atoms. The summed E-state index contributed by atoms with van der Waals surface area (Å²) in [6.45, 7) is 3.62. The molecular formula is C6H8N2O3S. The van der Waals surface area contributed by atoms with Crippen molar-refractivity contribution < 1.29 is 14.6 Å². The normalized spacial score (nSPS) is 10.2. The van der Waals surface area contributed by atoms with Crippen LogP contribution >= 0.6 is 12.0 Å². The van der Waals surface area contributed by atoms with E-state index in [0.717, 1.165) is 17.7 Å². The van der Waals surface area contributed by atoms with E-state index in [1.165, 1.54) is 0 Å². The van der Waals surface area contributed by atoms with Gasteiger partial charge in [-0.2, -0.15) is 0 Å². The Morgan fingerprint density at radius 3 is 2.75 bits per heavy atom. The van der Waals surface area contributed by atoms with Gasteiger partial charge >= 0.3 is 0 Å². The molecule has 0 amide bonds. The van der Waals surface area contributed by atoms with Crippen LogP contribution in [0.15, 0.2) is 11.1 Å². The Morgan fingerprint density at radius 1 is 1.42 bits per heavy atom. The number of hydrogen-bond acceptors (Lipinski definition) is 6. The molecule has 1 heterocycles. The molecule has 0 spiro atoms. The summed E-state index contributed by atoms with van der Waals surface area (Å²) in [6.07, 6.45) is 0. The fourth-order valence-corrected chi connectivity index (χ4v) is 1.26. The predicted molar refractivity (Wildman–Crippen MR) is 42.2 cm³/mol. The van der Waals surface area contributed by atoms with E-state index in [1.807, 2.05) is 6.92 Å². The highest BCUT2D eigenvalue weighted by Crippen LogP contribution is 2.16. The molecular weight excluding hydrogens is 180 g/mol. The van der Waals surface area contributed by atoms with Crippen molar-refractivity contribution in [3.05, 3.63) is 17.6 Å². The summed E-state index contributed by atoms with van der Waals surface area (Å²) < 4.78 is 4.21. The third kappa shape index (κ3) is 2.74. The molecule has 0 saturated heterocycles. The molecule has 0 radical (unpaired) electrons. The Kier molecular flexibility index (Phi) is 3.42. The fourth-order valence-electron chi connectivity index (χ4n) is 0.776. The lowest BCUT2D eigenvalue weighted by Gasteiger charge is -1.99. The average molecular weight is 188 g/mol. The molecule has 12 heavy (non-hydrogen) atoms. The Morgan fingerprint density at radius 2 is 2.17 bits per heavy atom. The van der Waals surface area contributed by atoms with Gasteiger partial charge in [0.05, 0.1) is 12.0 Å². The SMILES string of the molecule is Cc1cc(SOOO)nc(C)n1. The Hall–Kier alpha value is -0.690. The lowest BCUT2D eigenvalue weighted by molar-refractivity contribution is -0.432. The second-order valence-corrected chi connectivity index (χ2v) is 2.84. The molecule has 66 valence electrons. The highest BCUT2D eigenvalue weighted by atomic mass is 32.2. The number of hydrogen-bond donors (Lipinski definition) is 1. The number of nitrogens with zero attached hydrogens (tertiary/aromatic N) is 2. The van der Waals surface area contributed by atoms with E-state index in [0.29, 0.717) is 10.9 Å². The molecule has 5 nitrogen and oxygen atoms in total. The number of aromatic nitrogens is 2. The van der Waals surface area contributed by atoms with Crippen molar-refractivity contribution in [1.29, 1.82) is 0 Å². The third-order valence-corrected chi connectivity index (χ3v) is 1.60. The fraction of sp³-hybridized carbons (Fsp3) is 0.333. The standard InChI is InChI=1S/C6H8N2O3S/c1-4-3-6(12-11-10-9)8-5(2)7-4/h3,9H,1-2H3. The first-order valence-electron chi connectivity index (χ1n) is 3.19. The van der Waals surface area contributed by atoms with Crippen LogP contribution in [-0.4, -0.2) is 15.2 Å². The molecule has 0 aliphatic heterocycles. The first-order valence-corrected chi connectivity index (χ1v) is 3.93. The minimum atomic E-state index is 0.592. The molecule has 1 rings (SSSR count). The Bertz CT molecular complexity index is 249. The molecule has 0 aromatic carbocycles. The van der Waals surface area contributed by atoms with Crippen molar-refractivity contribution in [1.82, 2.24) is 9.97 Å². The molecule has 0 aliphatic carbocycles. The molecule has 0 saturated carbocycles. The summed E-state index contributed by atoms with van der Waals surface area (Å²) in [7, 11) is 0. The van der Waals surface area contributed by atoms with Crippen LogP contribution in [-0.2, 0) is 9.37 Å². The molecule has 0 atom stereocenters. The zero-order valence-electron chi connectivity index (χ0n) is 6.64. The second-order valence-electron chi connectivity index (χ2n) is 2.12. The Labute approximate surface area is 73.8 Å². The molecule has 6 heteroatoms. The van der Waals surface area contributed by atoms with Gasteiger partial charge in [-0.1, -0.05) is 5.04 Å². The second kappa shape index (κ2) is 4.36. The van der Waals surface area contributed by atoms with Crippen molar-refractivity contribution in [2.24, 2.45) is 0 Å². The van der Waals surface area contributed by atoms with Gasteiger partial charge in [0.2, 0.25) is 0 Å². The van der Waals surface area contributed by atoms with Crippen LogP contribution < -0.4 is 0 Å². The highest BCUT2D eigenvalue weighted by Gasteiger charge is 2.00. The Balaban J connectivity index is 2.72. The summed E-state index contributed by atoms with van der Waals surface area (Å²) in [6, 6.07) is 1.72. The summed E-state index contributed by atoms with van der Waals surface area (Å²) >= 11 is 0.825. The van der Waals surface area contributed by atoms with Crippen LogP contribution in [0, 0.1) is 13.8 Å². The predicted octanol–water partition coefficient (Wildman–Crippen LogP) is 1.52. The molecule has 1 aromatic heterocycles. The van der Waals surface area contributed by atoms with E-state index in [4.69, 9.17) is 5.26 Å². The van der Waals surface area contributed by atoms with Crippen molar-refractivity contribution in [2.75, 3.05) is 0 Å². The maximum Gasteiger partial charge on any atom is 0.131 e. The maximum atomic E-state index is 7.88. The van der Waals surface area contributed by atoms with Crippen molar-refractivity contribution in [3.63, 3.8) is 0 Å². The maximum absolute atomic E-state index is 7.88. The van der Waals surface area contributed by atoms with Gasteiger partial charge in [0.1, 0.15) is 10.9 Å². The first kappa shape index (κ1) is 9.40. The van der Waals surface area contributed by atoms with Crippen molar-refractivity contribution in [2.45, 2.75) is 18.9 Å². The van der Waals surface area contributed by atoms with E-state index in [2.05, 4.69) is 19.3 Å². The van der Waals surface area contributed by atoms with E-state index >= 15 is 0 Å².